The van der Waals surface area contributed by atoms with E-state index in [2.05, 4.69) is 41.4 Å². The van der Waals surface area contributed by atoms with Crippen molar-refractivity contribution in [1.29, 1.82) is 0 Å². The first-order valence-corrected chi connectivity index (χ1v) is 4.34. The van der Waals surface area contributed by atoms with Crippen LogP contribution in [0.5, 0.6) is 0 Å². The Hall–Kier alpha value is -0.980. The molecule has 0 amide bonds. The van der Waals surface area contributed by atoms with E-state index in [1.165, 1.54) is 5.56 Å². The van der Waals surface area contributed by atoms with Crippen molar-refractivity contribution >= 4 is 17.4 Å². The molecule has 0 N–H and O–H groups in total. The summed E-state index contributed by atoms with van der Waals surface area (Å²) >= 11 is 4.50. The third kappa shape index (κ3) is 2.57. The molecule has 0 aromatic heterocycles. The fourth-order valence-corrected chi connectivity index (χ4v) is 1.14. The van der Waals surface area contributed by atoms with Crippen LogP contribution in [0.1, 0.15) is 18.4 Å². The minimum absolute atomic E-state index is 0.432. The zero-order valence-electron chi connectivity index (χ0n) is 7.03. The SMILES string of the molecule is C[C@@H](CN=C=S)c1ccccc1. The lowest BCUT2D eigenvalue weighted by Gasteiger charge is -2.06. The van der Waals surface area contributed by atoms with Crippen molar-refractivity contribution in [2.24, 2.45) is 4.99 Å². The molecule has 0 spiro atoms. The van der Waals surface area contributed by atoms with Gasteiger partial charge in [0.25, 0.3) is 0 Å². The first-order valence-electron chi connectivity index (χ1n) is 3.93. The van der Waals surface area contributed by atoms with E-state index in [0.717, 1.165) is 6.54 Å². The predicted molar refractivity (Wildman–Crippen MR) is 54.8 cm³/mol. The van der Waals surface area contributed by atoms with Gasteiger partial charge in [-0.25, -0.2) is 4.99 Å². The van der Waals surface area contributed by atoms with Crippen LogP contribution in [0.2, 0.25) is 0 Å². The number of rotatable bonds is 3. The van der Waals surface area contributed by atoms with E-state index in [0.29, 0.717) is 5.92 Å². The Labute approximate surface area is 78.1 Å². The van der Waals surface area contributed by atoms with E-state index >= 15 is 0 Å². The largest absolute Gasteiger partial charge is 0.232 e. The summed E-state index contributed by atoms with van der Waals surface area (Å²) in [5.41, 5.74) is 1.30. The topological polar surface area (TPSA) is 12.4 Å². The number of hydrogen-bond acceptors (Lipinski definition) is 2. The van der Waals surface area contributed by atoms with Gasteiger partial charge in [-0.05, 0) is 17.8 Å². The van der Waals surface area contributed by atoms with Gasteiger partial charge in [0.05, 0.1) is 11.7 Å². The van der Waals surface area contributed by atoms with Crippen LogP contribution in [0.25, 0.3) is 0 Å². The summed E-state index contributed by atoms with van der Waals surface area (Å²) in [6.45, 7) is 2.86. The molecule has 12 heavy (non-hydrogen) atoms. The average Bonchev–Trinajstić information content (AvgIpc) is 2.15. The van der Waals surface area contributed by atoms with E-state index in [1.807, 2.05) is 18.2 Å². The predicted octanol–water partition coefficient (Wildman–Crippen LogP) is 2.89. The highest BCUT2D eigenvalue weighted by Crippen LogP contribution is 2.13. The molecule has 0 radical (unpaired) electrons. The molecule has 0 heterocycles. The monoisotopic (exact) mass is 177 g/mol. The van der Waals surface area contributed by atoms with Crippen molar-refractivity contribution in [2.45, 2.75) is 12.8 Å². The lowest BCUT2D eigenvalue weighted by molar-refractivity contribution is 0.779. The van der Waals surface area contributed by atoms with Crippen molar-refractivity contribution in [1.82, 2.24) is 0 Å². The first kappa shape index (κ1) is 9.11. The second-order valence-corrected chi connectivity index (χ2v) is 2.93. The Morgan fingerprint density at radius 1 is 1.42 bits per heavy atom. The molecule has 1 aromatic carbocycles. The molecule has 0 bridgehead atoms. The molecule has 62 valence electrons. The van der Waals surface area contributed by atoms with Crippen LogP contribution in [-0.4, -0.2) is 11.7 Å². The number of benzene rings is 1. The summed E-state index contributed by atoms with van der Waals surface area (Å²) in [7, 11) is 0. The molecule has 0 saturated heterocycles. The zero-order chi connectivity index (χ0) is 8.81. The van der Waals surface area contributed by atoms with Crippen LogP contribution in [-0.2, 0) is 0 Å². The molecule has 0 aliphatic carbocycles. The molecule has 0 unspecified atom stereocenters. The molecule has 0 fully saturated rings. The summed E-state index contributed by atoms with van der Waals surface area (Å²) in [6, 6.07) is 10.3. The summed E-state index contributed by atoms with van der Waals surface area (Å²) in [5.74, 6) is 0.432. The number of thiocarbonyl (C=S) groups is 1. The zero-order valence-corrected chi connectivity index (χ0v) is 7.84. The number of aliphatic imine (C=N–C) groups is 1. The lowest BCUT2D eigenvalue weighted by Crippen LogP contribution is -1.96. The van der Waals surface area contributed by atoms with E-state index < -0.39 is 0 Å². The molecule has 1 aromatic rings. The normalized spacial score (nSPS) is 11.8. The smallest absolute Gasteiger partial charge is 0.0585 e. The van der Waals surface area contributed by atoms with E-state index in [4.69, 9.17) is 0 Å². The van der Waals surface area contributed by atoms with Crippen molar-refractivity contribution < 1.29 is 0 Å². The van der Waals surface area contributed by atoms with Crippen LogP contribution >= 0.6 is 12.2 Å². The quantitative estimate of drug-likeness (QED) is 0.511. The Morgan fingerprint density at radius 3 is 2.67 bits per heavy atom. The molecule has 0 aliphatic rings. The molecule has 0 aliphatic heterocycles. The molecule has 1 rings (SSSR count). The lowest BCUT2D eigenvalue weighted by atomic mass is 10.0. The highest BCUT2D eigenvalue weighted by Gasteiger charge is 2.01. The first-order chi connectivity index (χ1) is 5.84. The molecular weight excluding hydrogens is 166 g/mol. The second-order valence-electron chi connectivity index (χ2n) is 2.74. The van der Waals surface area contributed by atoms with Crippen LogP contribution in [0.4, 0.5) is 0 Å². The average molecular weight is 177 g/mol. The summed E-state index contributed by atoms with van der Waals surface area (Å²) in [6.07, 6.45) is 0. The maximum Gasteiger partial charge on any atom is 0.0585 e. The fraction of sp³-hybridized carbons (Fsp3) is 0.300. The van der Waals surface area contributed by atoms with Gasteiger partial charge in [0.1, 0.15) is 0 Å². The maximum absolute atomic E-state index is 4.50. The maximum atomic E-state index is 4.50. The van der Waals surface area contributed by atoms with Crippen molar-refractivity contribution in [2.75, 3.05) is 6.54 Å². The van der Waals surface area contributed by atoms with Crippen LogP contribution in [0, 0.1) is 0 Å². The molecule has 1 nitrogen and oxygen atoms in total. The number of nitrogens with zero attached hydrogens (tertiary/aromatic N) is 1. The van der Waals surface area contributed by atoms with Gasteiger partial charge in [-0.1, -0.05) is 37.3 Å². The Balaban J connectivity index is 2.65. The highest BCUT2D eigenvalue weighted by molar-refractivity contribution is 7.78. The van der Waals surface area contributed by atoms with Crippen LogP contribution in [0.15, 0.2) is 35.3 Å². The fourth-order valence-electron chi connectivity index (χ4n) is 1.06. The van der Waals surface area contributed by atoms with E-state index in [-0.39, 0.29) is 0 Å². The van der Waals surface area contributed by atoms with Crippen LogP contribution in [0.3, 0.4) is 0 Å². The highest BCUT2D eigenvalue weighted by atomic mass is 32.1. The standard InChI is InChI=1S/C10H11NS/c1-9(7-11-8-12)10-5-3-2-4-6-10/h2-6,9H,7H2,1H3/t9-/m0/s1. The minimum atomic E-state index is 0.432. The second kappa shape index (κ2) is 4.81. The van der Waals surface area contributed by atoms with Gasteiger partial charge in [0, 0.05) is 5.92 Å². The van der Waals surface area contributed by atoms with E-state index in [9.17, 15) is 0 Å². The van der Waals surface area contributed by atoms with E-state index in [1.54, 1.807) is 0 Å². The number of isothiocyanates is 1. The molecule has 0 saturated carbocycles. The summed E-state index contributed by atoms with van der Waals surface area (Å²) < 4.78 is 0. The van der Waals surface area contributed by atoms with Gasteiger partial charge in [-0.3, -0.25) is 0 Å². The van der Waals surface area contributed by atoms with Crippen molar-refractivity contribution in [3.05, 3.63) is 35.9 Å². The van der Waals surface area contributed by atoms with Crippen LogP contribution < -0.4 is 0 Å². The molecular formula is C10H11NS. The van der Waals surface area contributed by atoms with Gasteiger partial charge in [-0.15, -0.1) is 0 Å². The Kier molecular flexibility index (Phi) is 3.65. The third-order valence-electron chi connectivity index (χ3n) is 1.80. The third-order valence-corrected chi connectivity index (χ3v) is 1.93. The molecule has 2 heteroatoms. The summed E-state index contributed by atoms with van der Waals surface area (Å²) in [4.78, 5) is 3.91. The van der Waals surface area contributed by atoms with Gasteiger partial charge >= 0.3 is 0 Å². The van der Waals surface area contributed by atoms with Gasteiger partial charge in [-0.2, -0.15) is 0 Å². The molecule has 1 atom stereocenters. The van der Waals surface area contributed by atoms with Gasteiger partial charge in [0.2, 0.25) is 0 Å². The Morgan fingerprint density at radius 2 is 2.08 bits per heavy atom. The van der Waals surface area contributed by atoms with Gasteiger partial charge in [0.15, 0.2) is 0 Å². The number of hydrogen-bond donors (Lipinski definition) is 0. The van der Waals surface area contributed by atoms with Gasteiger partial charge < -0.3 is 0 Å². The van der Waals surface area contributed by atoms with Crippen molar-refractivity contribution in [3.63, 3.8) is 0 Å². The Bertz CT molecular complexity index is 275. The summed E-state index contributed by atoms with van der Waals surface area (Å²) in [5, 5.41) is 2.38. The minimum Gasteiger partial charge on any atom is -0.232 e. The van der Waals surface area contributed by atoms with Crippen molar-refractivity contribution in [3.8, 4) is 0 Å².